The lowest BCUT2D eigenvalue weighted by Crippen LogP contribution is -2.43. The topological polar surface area (TPSA) is 94.1 Å². The molecule has 0 atom stereocenters. The molecule has 0 unspecified atom stereocenters. The number of nitrogens with one attached hydrogen (secondary N) is 1. The van der Waals surface area contributed by atoms with Crippen LogP contribution in [-0.4, -0.2) is 60.8 Å². The fourth-order valence-corrected chi connectivity index (χ4v) is 4.55. The quantitative estimate of drug-likeness (QED) is 0.476. The van der Waals surface area contributed by atoms with Gasteiger partial charge < -0.3 is 30.1 Å². The summed E-state index contributed by atoms with van der Waals surface area (Å²) in [6, 6.07) is 6.89. The third-order valence-corrected chi connectivity index (χ3v) is 6.45. The van der Waals surface area contributed by atoms with E-state index in [1.807, 2.05) is 0 Å². The number of pyridine rings is 1. The highest BCUT2D eigenvalue weighted by atomic mass is 19.1. The Bertz CT molecular complexity index is 1170. The molecule has 2 fully saturated rings. The molecule has 8 nitrogen and oxygen atoms in total. The average Bonchev–Trinajstić information content (AvgIpc) is 2.85. The fourth-order valence-electron chi connectivity index (χ4n) is 4.55. The number of halogens is 1. The lowest BCUT2D eigenvalue weighted by molar-refractivity contribution is 0.116. The molecule has 2 aliphatic rings. The van der Waals surface area contributed by atoms with E-state index in [0.29, 0.717) is 55.0 Å². The van der Waals surface area contributed by atoms with Gasteiger partial charge in [-0.05, 0) is 67.6 Å². The number of benzene rings is 1. The molecule has 0 aliphatic carbocycles. The van der Waals surface area contributed by atoms with Crippen molar-refractivity contribution in [3.05, 3.63) is 70.0 Å². The van der Waals surface area contributed by atoms with Crippen LogP contribution in [0.5, 0.6) is 0 Å². The van der Waals surface area contributed by atoms with Gasteiger partial charge in [0, 0.05) is 37.8 Å². The van der Waals surface area contributed by atoms with Gasteiger partial charge in [-0.25, -0.2) is 4.39 Å². The van der Waals surface area contributed by atoms with E-state index in [9.17, 15) is 9.18 Å². The van der Waals surface area contributed by atoms with Gasteiger partial charge >= 0.3 is 0 Å². The van der Waals surface area contributed by atoms with Crippen molar-refractivity contribution in [3.63, 3.8) is 0 Å². The maximum Gasteiger partial charge on any atom is 0.273 e. The number of nitrogens with zero attached hydrogens (tertiary/aromatic N) is 3. The molecule has 3 heterocycles. The van der Waals surface area contributed by atoms with Crippen LogP contribution in [0.2, 0.25) is 0 Å². The Morgan fingerprint density at radius 2 is 2.00 bits per heavy atom. The first-order chi connectivity index (χ1) is 16.5. The Labute approximate surface area is 198 Å². The molecule has 0 amide bonds. The highest BCUT2D eigenvalue weighted by Gasteiger charge is 2.21. The lowest BCUT2D eigenvalue weighted by Gasteiger charge is -2.32. The molecule has 34 heavy (non-hydrogen) atoms. The maximum absolute atomic E-state index is 14.7. The van der Waals surface area contributed by atoms with E-state index in [2.05, 4.69) is 21.9 Å². The Balaban J connectivity index is 1.27. The van der Waals surface area contributed by atoms with Crippen LogP contribution in [0.25, 0.3) is 10.9 Å². The first-order valence-electron chi connectivity index (χ1n) is 11.6. The third-order valence-electron chi connectivity index (χ3n) is 6.45. The summed E-state index contributed by atoms with van der Waals surface area (Å²) in [5, 5.41) is 8.03. The van der Waals surface area contributed by atoms with Crippen molar-refractivity contribution in [2.75, 3.05) is 39.4 Å². The zero-order valence-electron chi connectivity index (χ0n) is 19.6. The van der Waals surface area contributed by atoms with Crippen LogP contribution in [0.4, 0.5) is 4.39 Å². The molecule has 1 aromatic carbocycles. The number of aryl methyl sites for hydroxylation is 1. The SMILES string of the molecule is C=C(/C=C1/OCCO/C1=N/N)CNC1CCN(CCc2c(F)ccc3ccc(=O)n(C)c23)CC1. The zero-order chi connectivity index (χ0) is 24.1. The van der Waals surface area contributed by atoms with Gasteiger partial charge in [0.1, 0.15) is 19.0 Å². The molecular weight excluding hydrogens is 437 g/mol. The number of rotatable bonds is 7. The number of likely N-dealkylation sites (tertiary alicyclic amines) is 1. The minimum atomic E-state index is -0.256. The molecular formula is C25H32FN5O3. The minimum absolute atomic E-state index is 0.127. The summed E-state index contributed by atoms with van der Waals surface area (Å²) < 4.78 is 27.1. The van der Waals surface area contributed by atoms with Crippen molar-refractivity contribution in [2.45, 2.75) is 25.3 Å². The van der Waals surface area contributed by atoms with Crippen LogP contribution in [0.1, 0.15) is 18.4 Å². The fraction of sp³-hybridized carbons (Fsp3) is 0.440. The standard InChI is InChI=1S/C25H32FN5O3/c1-17(15-22-25(29-27)34-14-13-33-22)16-28-19-7-10-31(11-8-19)12-9-20-21(26)5-3-18-4-6-23(32)30(2)24(18)20/h3-6,15,19,28H,1,7-14,16,27H2,2H3/b22-15+,29-25+. The van der Waals surface area contributed by atoms with E-state index in [0.717, 1.165) is 43.4 Å². The van der Waals surface area contributed by atoms with Gasteiger partial charge in [0.05, 0.1) is 5.52 Å². The van der Waals surface area contributed by atoms with E-state index in [1.165, 1.54) is 12.1 Å². The molecule has 2 saturated heterocycles. The van der Waals surface area contributed by atoms with Crippen molar-refractivity contribution in [2.24, 2.45) is 18.0 Å². The summed E-state index contributed by atoms with van der Waals surface area (Å²) in [4.78, 5) is 14.4. The summed E-state index contributed by atoms with van der Waals surface area (Å²) in [6.45, 7) is 8.22. The predicted octanol–water partition coefficient (Wildman–Crippen LogP) is 2.03. The number of aromatic nitrogens is 1. The van der Waals surface area contributed by atoms with E-state index in [1.54, 1.807) is 29.8 Å². The third kappa shape index (κ3) is 5.48. The Hall–Kier alpha value is -3.17. The summed E-state index contributed by atoms with van der Waals surface area (Å²) in [6.07, 6.45) is 4.36. The van der Waals surface area contributed by atoms with E-state index in [4.69, 9.17) is 15.3 Å². The van der Waals surface area contributed by atoms with Crippen molar-refractivity contribution >= 4 is 16.8 Å². The number of hydrogen-bond donors (Lipinski definition) is 2. The molecule has 0 bridgehead atoms. The first-order valence-corrected chi connectivity index (χ1v) is 11.6. The van der Waals surface area contributed by atoms with E-state index < -0.39 is 0 Å². The molecule has 2 aliphatic heterocycles. The predicted molar refractivity (Wildman–Crippen MR) is 131 cm³/mol. The van der Waals surface area contributed by atoms with Crippen LogP contribution in [-0.2, 0) is 22.9 Å². The van der Waals surface area contributed by atoms with Gasteiger partial charge in [-0.3, -0.25) is 4.79 Å². The Morgan fingerprint density at radius 1 is 1.26 bits per heavy atom. The summed E-state index contributed by atoms with van der Waals surface area (Å²) >= 11 is 0. The smallest absolute Gasteiger partial charge is 0.273 e. The van der Waals surface area contributed by atoms with Crippen molar-refractivity contribution < 1.29 is 13.9 Å². The second-order valence-electron chi connectivity index (χ2n) is 8.74. The molecule has 1 aromatic heterocycles. The maximum atomic E-state index is 14.7. The second kappa shape index (κ2) is 10.8. The van der Waals surface area contributed by atoms with Gasteiger partial charge in [-0.2, -0.15) is 0 Å². The monoisotopic (exact) mass is 469 g/mol. The number of ether oxygens (including phenoxy) is 2. The lowest BCUT2D eigenvalue weighted by atomic mass is 10.0. The zero-order valence-corrected chi connectivity index (χ0v) is 19.6. The van der Waals surface area contributed by atoms with Gasteiger partial charge in [0.2, 0.25) is 0 Å². The Morgan fingerprint density at radius 3 is 2.76 bits per heavy atom. The second-order valence-corrected chi connectivity index (χ2v) is 8.74. The normalized spacial score (nSPS) is 19.9. The summed E-state index contributed by atoms with van der Waals surface area (Å²) in [5.74, 6) is 5.89. The number of piperidine rings is 1. The van der Waals surface area contributed by atoms with Gasteiger partial charge in [-0.1, -0.05) is 6.58 Å². The van der Waals surface area contributed by atoms with Crippen molar-refractivity contribution in [3.8, 4) is 0 Å². The molecule has 0 radical (unpaired) electrons. The minimum Gasteiger partial charge on any atom is -0.484 e. The van der Waals surface area contributed by atoms with Crippen LogP contribution >= 0.6 is 0 Å². The van der Waals surface area contributed by atoms with Gasteiger partial charge in [-0.15, -0.1) is 5.10 Å². The largest absolute Gasteiger partial charge is 0.484 e. The van der Waals surface area contributed by atoms with Crippen LogP contribution < -0.4 is 16.7 Å². The molecule has 0 spiro atoms. The molecule has 0 saturated carbocycles. The number of hydrazone groups is 1. The molecule has 3 N–H and O–H groups in total. The highest BCUT2D eigenvalue weighted by molar-refractivity contribution is 5.92. The number of nitrogens with two attached hydrogens (primary N) is 1. The van der Waals surface area contributed by atoms with Crippen molar-refractivity contribution in [1.29, 1.82) is 0 Å². The van der Waals surface area contributed by atoms with Crippen LogP contribution in [0.3, 0.4) is 0 Å². The average molecular weight is 470 g/mol. The highest BCUT2D eigenvalue weighted by Crippen LogP contribution is 2.22. The summed E-state index contributed by atoms with van der Waals surface area (Å²) in [7, 11) is 1.70. The first kappa shape index (κ1) is 24.0. The van der Waals surface area contributed by atoms with Crippen LogP contribution in [0, 0.1) is 5.82 Å². The molecule has 4 rings (SSSR count). The molecule has 2 aromatic rings. The Kier molecular flexibility index (Phi) is 7.64. The number of fused-ring (bicyclic) bond motifs is 1. The van der Waals surface area contributed by atoms with E-state index in [-0.39, 0.29) is 11.4 Å². The van der Waals surface area contributed by atoms with Gasteiger partial charge in [0.15, 0.2) is 5.76 Å². The van der Waals surface area contributed by atoms with Gasteiger partial charge in [0.25, 0.3) is 11.5 Å². The summed E-state index contributed by atoms with van der Waals surface area (Å²) in [5.41, 5.74) is 2.03. The molecule has 182 valence electrons. The molecule has 9 heteroatoms. The number of hydrogen-bond acceptors (Lipinski definition) is 7. The van der Waals surface area contributed by atoms with E-state index >= 15 is 0 Å². The van der Waals surface area contributed by atoms with Crippen molar-refractivity contribution in [1.82, 2.24) is 14.8 Å². The van der Waals surface area contributed by atoms with Crippen LogP contribution in [0.15, 0.2) is 58.1 Å².